The molecular formula is C12H16BBrN2O2. The molecular weight excluding hydrogens is 295 g/mol. The van der Waals surface area contributed by atoms with Crippen LogP contribution in [0.1, 0.15) is 18.1 Å². The van der Waals surface area contributed by atoms with E-state index < -0.39 is 7.05 Å². The van der Waals surface area contributed by atoms with Gasteiger partial charge < -0.3 is 15.2 Å². The maximum absolute atomic E-state index is 11.1. The van der Waals surface area contributed by atoms with E-state index >= 15 is 0 Å². The van der Waals surface area contributed by atoms with E-state index in [9.17, 15) is 9.82 Å². The van der Waals surface area contributed by atoms with Gasteiger partial charge in [-0.05, 0) is 52.9 Å². The Labute approximate surface area is 116 Å². The van der Waals surface area contributed by atoms with E-state index in [0.717, 1.165) is 29.7 Å². The molecule has 18 heavy (non-hydrogen) atoms. The van der Waals surface area contributed by atoms with Crippen molar-refractivity contribution >= 4 is 34.6 Å². The van der Waals surface area contributed by atoms with E-state index in [0.29, 0.717) is 0 Å². The van der Waals surface area contributed by atoms with Gasteiger partial charge in [0.2, 0.25) is 5.91 Å². The molecule has 0 fully saturated rings. The predicted molar refractivity (Wildman–Crippen MR) is 76.4 cm³/mol. The molecule has 1 aliphatic heterocycles. The Morgan fingerprint density at radius 1 is 1.56 bits per heavy atom. The summed E-state index contributed by atoms with van der Waals surface area (Å²) in [6.07, 6.45) is 0.869. The first-order chi connectivity index (χ1) is 8.49. The zero-order valence-corrected chi connectivity index (χ0v) is 12.1. The van der Waals surface area contributed by atoms with Crippen LogP contribution in [0.15, 0.2) is 16.6 Å². The Hall–Kier alpha value is -0.845. The fourth-order valence-corrected chi connectivity index (χ4v) is 2.92. The van der Waals surface area contributed by atoms with Gasteiger partial charge in [0, 0.05) is 17.9 Å². The number of nitrogens with zero attached hydrogens (tertiary/aromatic N) is 1. The van der Waals surface area contributed by atoms with Gasteiger partial charge in [-0.25, -0.2) is 0 Å². The molecule has 4 nitrogen and oxygen atoms in total. The number of anilines is 1. The van der Waals surface area contributed by atoms with E-state index in [-0.39, 0.29) is 5.91 Å². The lowest BCUT2D eigenvalue weighted by molar-refractivity contribution is -0.114. The molecule has 1 aromatic carbocycles. The van der Waals surface area contributed by atoms with Gasteiger partial charge in [0.1, 0.15) is 0 Å². The van der Waals surface area contributed by atoms with Crippen molar-refractivity contribution in [3.05, 3.63) is 27.7 Å². The number of benzene rings is 1. The maximum atomic E-state index is 11.1. The predicted octanol–water partition coefficient (Wildman–Crippen LogP) is 1.88. The number of nitrogens with one attached hydrogen (secondary N) is 1. The third-order valence-electron chi connectivity index (χ3n) is 3.20. The molecule has 0 aromatic heterocycles. The molecule has 0 spiro atoms. The summed E-state index contributed by atoms with van der Waals surface area (Å²) in [5, 5.41) is 12.4. The lowest BCUT2D eigenvalue weighted by atomic mass is 9.81. The average Bonchev–Trinajstić information content (AvgIpc) is 2.32. The zero-order chi connectivity index (χ0) is 13.3. The first-order valence-corrected chi connectivity index (χ1v) is 6.78. The van der Waals surface area contributed by atoms with Crippen LogP contribution in [-0.2, 0) is 17.8 Å². The Balaban J connectivity index is 2.28. The van der Waals surface area contributed by atoms with E-state index in [2.05, 4.69) is 21.2 Å². The molecule has 2 rings (SSSR count). The fraction of sp³-hybridized carbons (Fsp3) is 0.417. The average molecular weight is 311 g/mol. The van der Waals surface area contributed by atoms with Crippen LogP contribution in [0, 0.1) is 0 Å². The molecule has 2 N–H and O–H groups in total. The van der Waals surface area contributed by atoms with E-state index in [1.807, 2.05) is 16.9 Å². The van der Waals surface area contributed by atoms with Crippen molar-refractivity contribution in [2.45, 2.75) is 26.7 Å². The molecule has 1 aromatic rings. The van der Waals surface area contributed by atoms with Crippen LogP contribution in [0.4, 0.5) is 5.69 Å². The molecule has 1 aliphatic rings. The van der Waals surface area contributed by atoms with Crippen molar-refractivity contribution in [1.82, 2.24) is 4.81 Å². The first-order valence-electron chi connectivity index (χ1n) is 5.99. The molecule has 0 bridgehead atoms. The van der Waals surface area contributed by atoms with E-state index in [1.165, 1.54) is 18.1 Å². The molecule has 0 aliphatic carbocycles. The van der Waals surface area contributed by atoms with Gasteiger partial charge in [-0.3, -0.25) is 4.79 Å². The molecule has 6 heteroatoms. The van der Waals surface area contributed by atoms with Crippen molar-refractivity contribution in [3.63, 3.8) is 0 Å². The summed E-state index contributed by atoms with van der Waals surface area (Å²) < 4.78 is 0.959. The molecule has 0 saturated heterocycles. The SMILES string of the molecule is CB(O)N1CCc2c(ccc(NC(C)=O)c2Br)C1. The Kier molecular flexibility index (Phi) is 4.09. The van der Waals surface area contributed by atoms with Crippen LogP contribution in [-0.4, -0.2) is 29.3 Å². The highest BCUT2D eigenvalue weighted by molar-refractivity contribution is 9.10. The van der Waals surface area contributed by atoms with Gasteiger partial charge in [0.05, 0.1) is 5.69 Å². The zero-order valence-electron chi connectivity index (χ0n) is 10.5. The van der Waals surface area contributed by atoms with Gasteiger partial charge in [-0.2, -0.15) is 0 Å². The highest BCUT2D eigenvalue weighted by Crippen LogP contribution is 2.32. The molecule has 0 saturated carbocycles. The molecule has 1 heterocycles. The van der Waals surface area contributed by atoms with Crippen LogP contribution >= 0.6 is 15.9 Å². The largest absolute Gasteiger partial charge is 0.437 e. The van der Waals surface area contributed by atoms with Crippen LogP contribution in [0.5, 0.6) is 0 Å². The fourth-order valence-electron chi connectivity index (χ4n) is 2.24. The summed E-state index contributed by atoms with van der Waals surface area (Å²) in [6, 6.07) is 3.91. The number of halogens is 1. The number of rotatable bonds is 2. The van der Waals surface area contributed by atoms with Gasteiger partial charge in [-0.15, -0.1) is 0 Å². The number of amides is 1. The van der Waals surface area contributed by atoms with Gasteiger partial charge in [-0.1, -0.05) is 6.07 Å². The molecule has 0 radical (unpaired) electrons. The minimum atomic E-state index is -0.424. The van der Waals surface area contributed by atoms with E-state index in [1.54, 1.807) is 6.82 Å². The lowest BCUT2D eigenvalue weighted by Crippen LogP contribution is -2.40. The highest BCUT2D eigenvalue weighted by atomic mass is 79.9. The second-order valence-corrected chi connectivity index (χ2v) is 5.39. The third kappa shape index (κ3) is 2.76. The maximum Gasteiger partial charge on any atom is 0.376 e. The van der Waals surface area contributed by atoms with Gasteiger partial charge >= 0.3 is 7.05 Å². The Morgan fingerprint density at radius 2 is 2.28 bits per heavy atom. The first kappa shape index (κ1) is 13.6. The quantitative estimate of drug-likeness (QED) is 0.820. The van der Waals surface area contributed by atoms with Crippen LogP contribution < -0.4 is 5.32 Å². The third-order valence-corrected chi connectivity index (χ3v) is 4.11. The number of fused-ring (bicyclic) bond motifs is 1. The minimum absolute atomic E-state index is 0.0722. The second-order valence-electron chi connectivity index (χ2n) is 4.60. The minimum Gasteiger partial charge on any atom is -0.437 e. The molecule has 0 unspecified atom stereocenters. The summed E-state index contributed by atoms with van der Waals surface area (Å²) in [7, 11) is -0.424. The normalized spacial score (nSPS) is 15.1. The van der Waals surface area contributed by atoms with Crippen LogP contribution in [0.25, 0.3) is 0 Å². The molecule has 96 valence electrons. The number of carbonyl (C=O) groups excluding carboxylic acids is 1. The number of hydrogen-bond acceptors (Lipinski definition) is 3. The van der Waals surface area contributed by atoms with Crippen molar-refractivity contribution in [3.8, 4) is 0 Å². The number of carbonyl (C=O) groups is 1. The summed E-state index contributed by atoms with van der Waals surface area (Å²) in [5.41, 5.74) is 3.23. The highest BCUT2D eigenvalue weighted by Gasteiger charge is 2.24. The van der Waals surface area contributed by atoms with E-state index in [4.69, 9.17) is 0 Å². The molecule has 1 amide bonds. The van der Waals surface area contributed by atoms with Crippen LogP contribution in [0.3, 0.4) is 0 Å². The number of hydrogen-bond donors (Lipinski definition) is 2. The van der Waals surface area contributed by atoms with Crippen molar-refractivity contribution in [2.24, 2.45) is 0 Å². The van der Waals surface area contributed by atoms with Gasteiger partial charge in [0.15, 0.2) is 0 Å². The Morgan fingerprint density at radius 3 is 2.89 bits per heavy atom. The molecule has 0 atom stereocenters. The monoisotopic (exact) mass is 310 g/mol. The van der Waals surface area contributed by atoms with Crippen molar-refractivity contribution in [2.75, 3.05) is 11.9 Å². The van der Waals surface area contributed by atoms with Crippen molar-refractivity contribution < 1.29 is 9.82 Å². The summed E-state index contributed by atoms with van der Waals surface area (Å²) in [4.78, 5) is 13.1. The van der Waals surface area contributed by atoms with Crippen molar-refractivity contribution in [1.29, 1.82) is 0 Å². The van der Waals surface area contributed by atoms with Gasteiger partial charge in [0.25, 0.3) is 0 Å². The second kappa shape index (κ2) is 5.42. The standard InChI is InChI=1S/C12H16BBrN2O2/c1-8(17)15-11-4-3-9-7-16(13(2)18)6-5-10(9)12(11)14/h3-4,18H,5-7H2,1-2H3,(H,15,17). The van der Waals surface area contributed by atoms with Crippen LogP contribution in [0.2, 0.25) is 6.82 Å². The topological polar surface area (TPSA) is 52.6 Å². The Bertz CT molecular complexity index is 479. The summed E-state index contributed by atoms with van der Waals surface area (Å²) in [6.45, 7) is 4.85. The lowest BCUT2D eigenvalue weighted by Gasteiger charge is -2.30. The smallest absolute Gasteiger partial charge is 0.376 e. The summed E-state index contributed by atoms with van der Waals surface area (Å²) in [5.74, 6) is -0.0722. The summed E-state index contributed by atoms with van der Waals surface area (Å²) >= 11 is 3.56.